The van der Waals surface area contributed by atoms with Crippen LogP contribution in [0.15, 0.2) is 12.3 Å². The molecule has 0 aliphatic carbocycles. The maximum atomic E-state index is 12.7. The predicted molar refractivity (Wildman–Crippen MR) is 36.5 cm³/mol. The van der Waals surface area contributed by atoms with Crippen LogP contribution in [0.3, 0.4) is 0 Å². The monoisotopic (exact) mass is 141 g/mol. The molecule has 1 aromatic rings. The van der Waals surface area contributed by atoms with Gasteiger partial charge in [0, 0.05) is 18.3 Å². The van der Waals surface area contributed by atoms with Crippen molar-refractivity contribution in [2.24, 2.45) is 5.73 Å². The summed E-state index contributed by atoms with van der Waals surface area (Å²) in [5, 5.41) is 0. The second-order valence-corrected chi connectivity index (χ2v) is 1.87. The van der Waals surface area contributed by atoms with E-state index in [0.717, 1.165) is 0 Å². The molecular formula is C6H8FN3. The molecule has 0 spiro atoms. The molecule has 0 amide bonds. The zero-order valence-electron chi connectivity index (χ0n) is 5.34. The number of nitrogens with two attached hydrogens (primary N) is 2. The highest BCUT2D eigenvalue weighted by Crippen LogP contribution is 2.09. The fourth-order valence-electron chi connectivity index (χ4n) is 0.660. The van der Waals surface area contributed by atoms with E-state index < -0.39 is 5.82 Å². The summed E-state index contributed by atoms with van der Waals surface area (Å²) in [4.78, 5) is 3.53. The van der Waals surface area contributed by atoms with Crippen molar-refractivity contribution in [2.75, 3.05) is 5.73 Å². The zero-order chi connectivity index (χ0) is 7.56. The molecule has 10 heavy (non-hydrogen) atoms. The summed E-state index contributed by atoms with van der Waals surface area (Å²) in [6.07, 6.45) is 1.43. The van der Waals surface area contributed by atoms with Gasteiger partial charge in [0.2, 0.25) is 0 Å². The topological polar surface area (TPSA) is 64.9 Å². The Bertz CT molecular complexity index is 236. The predicted octanol–water partition coefficient (Wildman–Crippen LogP) is 0.262. The summed E-state index contributed by atoms with van der Waals surface area (Å²) >= 11 is 0. The Labute approximate surface area is 57.9 Å². The van der Waals surface area contributed by atoms with E-state index in [2.05, 4.69) is 4.98 Å². The SMILES string of the molecule is NCc1ccnc(N)c1F. The lowest BCUT2D eigenvalue weighted by Crippen LogP contribution is -2.03. The van der Waals surface area contributed by atoms with Crippen LogP contribution in [0.25, 0.3) is 0 Å². The minimum Gasteiger partial charge on any atom is -0.381 e. The van der Waals surface area contributed by atoms with Gasteiger partial charge >= 0.3 is 0 Å². The van der Waals surface area contributed by atoms with Gasteiger partial charge in [-0.15, -0.1) is 0 Å². The van der Waals surface area contributed by atoms with Crippen molar-refractivity contribution >= 4 is 5.82 Å². The van der Waals surface area contributed by atoms with Crippen LogP contribution in [-0.4, -0.2) is 4.98 Å². The van der Waals surface area contributed by atoms with Crippen LogP contribution in [0, 0.1) is 5.82 Å². The second-order valence-electron chi connectivity index (χ2n) is 1.87. The van der Waals surface area contributed by atoms with Gasteiger partial charge in [-0.05, 0) is 6.07 Å². The lowest BCUT2D eigenvalue weighted by molar-refractivity contribution is 0.610. The number of nitrogens with zero attached hydrogens (tertiary/aromatic N) is 1. The Morgan fingerprint density at radius 1 is 1.60 bits per heavy atom. The van der Waals surface area contributed by atoms with E-state index in [-0.39, 0.29) is 12.4 Å². The standard InChI is InChI=1S/C6H8FN3/c7-5-4(3-8)1-2-10-6(5)9/h1-2H,3,8H2,(H2,9,10). The van der Waals surface area contributed by atoms with Gasteiger partial charge in [0.05, 0.1) is 0 Å². The van der Waals surface area contributed by atoms with Crippen molar-refractivity contribution < 1.29 is 4.39 Å². The third-order valence-corrected chi connectivity index (χ3v) is 1.22. The number of pyridine rings is 1. The van der Waals surface area contributed by atoms with Gasteiger partial charge in [-0.25, -0.2) is 9.37 Å². The smallest absolute Gasteiger partial charge is 0.169 e. The molecule has 0 saturated heterocycles. The fourth-order valence-corrected chi connectivity index (χ4v) is 0.660. The van der Waals surface area contributed by atoms with Crippen molar-refractivity contribution in [2.45, 2.75) is 6.54 Å². The number of nitrogen functional groups attached to an aromatic ring is 1. The van der Waals surface area contributed by atoms with E-state index in [1.165, 1.54) is 12.3 Å². The molecule has 0 bridgehead atoms. The summed E-state index contributed by atoms with van der Waals surface area (Å²) in [5.41, 5.74) is 10.7. The Morgan fingerprint density at radius 2 is 2.30 bits per heavy atom. The van der Waals surface area contributed by atoms with E-state index >= 15 is 0 Å². The van der Waals surface area contributed by atoms with Crippen LogP contribution in [0.1, 0.15) is 5.56 Å². The van der Waals surface area contributed by atoms with Crippen molar-refractivity contribution in [3.63, 3.8) is 0 Å². The largest absolute Gasteiger partial charge is 0.381 e. The zero-order valence-corrected chi connectivity index (χ0v) is 5.34. The van der Waals surface area contributed by atoms with Crippen LogP contribution in [0.4, 0.5) is 10.2 Å². The normalized spacial score (nSPS) is 9.80. The molecule has 0 aliphatic rings. The Balaban J connectivity index is 3.14. The van der Waals surface area contributed by atoms with E-state index in [1.807, 2.05) is 0 Å². The number of anilines is 1. The summed E-state index contributed by atoms with van der Waals surface area (Å²) in [6, 6.07) is 1.51. The summed E-state index contributed by atoms with van der Waals surface area (Å²) in [5.74, 6) is -0.604. The maximum Gasteiger partial charge on any atom is 0.169 e. The van der Waals surface area contributed by atoms with Crippen LogP contribution in [0.5, 0.6) is 0 Å². The van der Waals surface area contributed by atoms with Crippen molar-refractivity contribution in [3.05, 3.63) is 23.6 Å². The van der Waals surface area contributed by atoms with Crippen LogP contribution >= 0.6 is 0 Å². The molecule has 0 saturated carbocycles. The van der Waals surface area contributed by atoms with Crippen molar-refractivity contribution in [1.82, 2.24) is 4.98 Å². The van der Waals surface area contributed by atoms with Gasteiger partial charge in [0.25, 0.3) is 0 Å². The van der Waals surface area contributed by atoms with Gasteiger partial charge in [0.1, 0.15) is 0 Å². The van der Waals surface area contributed by atoms with E-state index in [1.54, 1.807) is 0 Å². The van der Waals surface area contributed by atoms with Gasteiger partial charge < -0.3 is 11.5 Å². The minimum atomic E-state index is -0.509. The van der Waals surface area contributed by atoms with E-state index in [0.29, 0.717) is 5.56 Å². The fraction of sp³-hybridized carbons (Fsp3) is 0.167. The molecule has 54 valence electrons. The van der Waals surface area contributed by atoms with Gasteiger partial charge in [-0.1, -0.05) is 0 Å². The summed E-state index contributed by atoms with van der Waals surface area (Å²) in [6.45, 7) is 0.151. The van der Waals surface area contributed by atoms with Crippen LogP contribution < -0.4 is 11.5 Å². The first-order valence-corrected chi connectivity index (χ1v) is 2.84. The third kappa shape index (κ3) is 1.06. The first kappa shape index (κ1) is 6.95. The van der Waals surface area contributed by atoms with Crippen molar-refractivity contribution in [3.8, 4) is 0 Å². The number of hydrogen-bond donors (Lipinski definition) is 2. The van der Waals surface area contributed by atoms with Crippen LogP contribution in [-0.2, 0) is 6.54 Å². The molecule has 0 fully saturated rings. The molecular weight excluding hydrogens is 133 g/mol. The number of hydrogen-bond acceptors (Lipinski definition) is 3. The van der Waals surface area contributed by atoms with Gasteiger partial charge in [0.15, 0.2) is 11.6 Å². The number of aromatic nitrogens is 1. The molecule has 4 heteroatoms. The summed E-state index contributed by atoms with van der Waals surface area (Å²) < 4.78 is 12.7. The highest BCUT2D eigenvalue weighted by Gasteiger charge is 2.02. The Morgan fingerprint density at radius 3 is 2.80 bits per heavy atom. The highest BCUT2D eigenvalue weighted by molar-refractivity contribution is 5.34. The van der Waals surface area contributed by atoms with Gasteiger partial charge in [-0.3, -0.25) is 0 Å². The second kappa shape index (κ2) is 2.62. The Hall–Kier alpha value is -1.16. The first-order chi connectivity index (χ1) is 4.75. The van der Waals surface area contributed by atoms with Gasteiger partial charge in [-0.2, -0.15) is 0 Å². The molecule has 0 aliphatic heterocycles. The highest BCUT2D eigenvalue weighted by atomic mass is 19.1. The Kier molecular flexibility index (Phi) is 1.82. The summed E-state index contributed by atoms with van der Waals surface area (Å²) in [7, 11) is 0. The molecule has 1 aromatic heterocycles. The maximum absolute atomic E-state index is 12.7. The molecule has 4 N–H and O–H groups in total. The lowest BCUT2D eigenvalue weighted by Gasteiger charge is -1.99. The van der Waals surface area contributed by atoms with E-state index in [4.69, 9.17) is 11.5 Å². The molecule has 1 heterocycles. The lowest BCUT2D eigenvalue weighted by atomic mass is 10.2. The average molecular weight is 141 g/mol. The molecule has 0 atom stereocenters. The van der Waals surface area contributed by atoms with Crippen LogP contribution in [0.2, 0.25) is 0 Å². The number of rotatable bonds is 1. The molecule has 0 aromatic carbocycles. The van der Waals surface area contributed by atoms with E-state index in [9.17, 15) is 4.39 Å². The number of halogens is 1. The molecule has 0 unspecified atom stereocenters. The van der Waals surface area contributed by atoms with Crippen molar-refractivity contribution in [1.29, 1.82) is 0 Å². The molecule has 1 rings (SSSR count). The minimum absolute atomic E-state index is 0.0945. The molecule has 3 nitrogen and oxygen atoms in total. The first-order valence-electron chi connectivity index (χ1n) is 2.84. The quantitative estimate of drug-likeness (QED) is 0.589. The third-order valence-electron chi connectivity index (χ3n) is 1.22. The molecule has 0 radical (unpaired) electrons. The average Bonchev–Trinajstić information content (AvgIpc) is 1.95.